The van der Waals surface area contributed by atoms with Crippen molar-refractivity contribution < 1.29 is 14.3 Å². The first kappa shape index (κ1) is 19.1. The normalized spacial score (nSPS) is 12.7. The lowest BCUT2D eigenvalue weighted by molar-refractivity contribution is 0.0784. The number of benzene rings is 3. The van der Waals surface area contributed by atoms with E-state index in [0.29, 0.717) is 31.9 Å². The molecule has 0 saturated carbocycles. The molecule has 1 amide bonds. The molecule has 31 heavy (non-hydrogen) atoms. The third kappa shape index (κ3) is 3.94. The Kier molecular flexibility index (Phi) is 5.00. The van der Waals surface area contributed by atoms with Gasteiger partial charge in [-0.1, -0.05) is 35.5 Å². The second-order valence-electron chi connectivity index (χ2n) is 7.57. The topological polar surface area (TPSA) is 69.5 Å². The summed E-state index contributed by atoms with van der Waals surface area (Å²) in [5.41, 5.74) is 4.56. The Labute approximate surface area is 179 Å². The van der Waals surface area contributed by atoms with Crippen LogP contribution in [0.4, 0.5) is 0 Å². The van der Waals surface area contributed by atoms with Crippen molar-refractivity contribution in [2.75, 3.05) is 20.3 Å². The third-order valence-corrected chi connectivity index (χ3v) is 5.33. The van der Waals surface area contributed by atoms with Crippen LogP contribution in [0.25, 0.3) is 11.0 Å². The molecule has 1 aliphatic heterocycles. The maximum atomic E-state index is 12.9. The first-order valence-electron chi connectivity index (χ1n) is 10.2. The molecule has 1 aliphatic rings. The highest BCUT2D eigenvalue weighted by molar-refractivity contribution is 5.94. The van der Waals surface area contributed by atoms with Crippen molar-refractivity contribution in [3.8, 4) is 11.5 Å². The molecule has 1 aromatic heterocycles. The number of rotatable bonds is 5. The van der Waals surface area contributed by atoms with Crippen LogP contribution in [0.2, 0.25) is 0 Å². The van der Waals surface area contributed by atoms with Gasteiger partial charge in [0.15, 0.2) is 11.5 Å². The molecule has 0 aliphatic carbocycles. The first-order chi connectivity index (χ1) is 15.2. The highest BCUT2D eigenvalue weighted by atomic mass is 16.6. The second-order valence-corrected chi connectivity index (χ2v) is 7.57. The summed E-state index contributed by atoms with van der Waals surface area (Å²) in [4.78, 5) is 14.6. The molecule has 0 bridgehead atoms. The monoisotopic (exact) mass is 414 g/mol. The number of nitrogens with zero attached hydrogens (tertiary/aromatic N) is 4. The molecule has 0 atom stereocenters. The van der Waals surface area contributed by atoms with Gasteiger partial charge in [0.25, 0.3) is 5.91 Å². The molecule has 0 N–H and O–H groups in total. The van der Waals surface area contributed by atoms with Crippen molar-refractivity contribution in [2.24, 2.45) is 0 Å². The lowest BCUT2D eigenvalue weighted by Crippen LogP contribution is -2.26. The van der Waals surface area contributed by atoms with E-state index in [1.54, 1.807) is 11.9 Å². The van der Waals surface area contributed by atoms with E-state index in [1.165, 1.54) is 0 Å². The Morgan fingerprint density at radius 2 is 1.71 bits per heavy atom. The Balaban J connectivity index is 1.26. The number of ether oxygens (including phenoxy) is 2. The minimum atomic E-state index is -0.0346. The summed E-state index contributed by atoms with van der Waals surface area (Å²) >= 11 is 0. The molecule has 5 rings (SSSR count). The Morgan fingerprint density at radius 3 is 2.55 bits per heavy atom. The van der Waals surface area contributed by atoms with E-state index < -0.39 is 0 Å². The van der Waals surface area contributed by atoms with Crippen molar-refractivity contribution in [2.45, 2.75) is 13.1 Å². The number of carbonyl (C=O) groups is 1. The summed E-state index contributed by atoms with van der Waals surface area (Å²) in [6.45, 7) is 2.19. The van der Waals surface area contributed by atoms with E-state index in [0.717, 1.165) is 33.7 Å². The number of para-hydroxylation sites is 1. The van der Waals surface area contributed by atoms with Crippen molar-refractivity contribution in [1.82, 2.24) is 19.9 Å². The van der Waals surface area contributed by atoms with Crippen molar-refractivity contribution in [3.63, 3.8) is 0 Å². The highest BCUT2D eigenvalue weighted by Crippen LogP contribution is 2.31. The van der Waals surface area contributed by atoms with Gasteiger partial charge < -0.3 is 14.4 Å². The Hall–Kier alpha value is -3.87. The van der Waals surface area contributed by atoms with Gasteiger partial charge in [-0.15, -0.1) is 5.10 Å². The van der Waals surface area contributed by atoms with Gasteiger partial charge in [-0.2, -0.15) is 0 Å². The summed E-state index contributed by atoms with van der Waals surface area (Å²) in [6, 6.07) is 21.3. The van der Waals surface area contributed by atoms with E-state index in [2.05, 4.69) is 10.3 Å². The van der Waals surface area contributed by atoms with Crippen molar-refractivity contribution in [3.05, 3.63) is 83.4 Å². The van der Waals surface area contributed by atoms with Gasteiger partial charge in [0, 0.05) is 19.2 Å². The van der Waals surface area contributed by atoms with Crippen LogP contribution in [0.1, 0.15) is 21.5 Å². The molecule has 0 fully saturated rings. The van der Waals surface area contributed by atoms with Gasteiger partial charge in [0.2, 0.25) is 0 Å². The predicted molar refractivity (Wildman–Crippen MR) is 116 cm³/mol. The van der Waals surface area contributed by atoms with Crippen LogP contribution in [0.15, 0.2) is 66.7 Å². The lowest BCUT2D eigenvalue weighted by Gasteiger charge is -2.21. The Morgan fingerprint density at radius 1 is 0.968 bits per heavy atom. The first-order valence-corrected chi connectivity index (χ1v) is 10.2. The quantitative estimate of drug-likeness (QED) is 0.500. The summed E-state index contributed by atoms with van der Waals surface area (Å²) in [5, 5.41) is 8.41. The molecule has 2 heterocycles. The van der Waals surface area contributed by atoms with Crippen LogP contribution in [-0.4, -0.2) is 46.1 Å². The van der Waals surface area contributed by atoms with Crippen LogP contribution in [0.5, 0.6) is 11.5 Å². The zero-order chi connectivity index (χ0) is 21.2. The van der Waals surface area contributed by atoms with Gasteiger partial charge in [0.1, 0.15) is 18.7 Å². The van der Waals surface area contributed by atoms with Gasteiger partial charge in [-0.3, -0.25) is 4.79 Å². The molecule has 7 nitrogen and oxygen atoms in total. The van der Waals surface area contributed by atoms with E-state index in [9.17, 15) is 4.79 Å². The van der Waals surface area contributed by atoms with Crippen LogP contribution in [0, 0.1) is 0 Å². The maximum absolute atomic E-state index is 12.9. The molecule has 0 saturated heterocycles. The standard InChI is InChI=1S/C24H22N4O3/c1-27(15-18-8-11-22-23(14-18)31-13-12-30-22)24(29)19-9-6-17(7-10-19)16-28-21-5-3-2-4-20(21)25-26-28/h2-11,14H,12-13,15-16H2,1H3. The average Bonchev–Trinajstić information content (AvgIpc) is 3.22. The van der Waals surface area contributed by atoms with Gasteiger partial charge in [-0.25, -0.2) is 4.68 Å². The number of fused-ring (bicyclic) bond motifs is 2. The fraction of sp³-hybridized carbons (Fsp3) is 0.208. The van der Waals surface area contributed by atoms with E-state index in [1.807, 2.05) is 71.4 Å². The predicted octanol–water partition coefficient (Wildman–Crippen LogP) is 3.52. The fourth-order valence-electron chi connectivity index (χ4n) is 3.71. The maximum Gasteiger partial charge on any atom is 0.253 e. The summed E-state index contributed by atoms with van der Waals surface area (Å²) in [7, 11) is 1.80. The highest BCUT2D eigenvalue weighted by Gasteiger charge is 2.16. The van der Waals surface area contributed by atoms with Crippen molar-refractivity contribution >= 4 is 16.9 Å². The lowest BCUT2D eigenvalue weighted by atomic mass is 10.1. The molecule has 4 aromatic rings. The number of carbonyl (C=O) groups excluding carboxylic acids is 1. The van der Waals surface area contributed by atoms with Gasteiger partial charge >= 0.3 is 0 Å². The molecule has 0 radical (unpaired) electrons. The minimum absolute atomic E-state index is 0.0346. The SMILES string of the molecule is CN(Cc1ccc2c(c1)OCCO2)C(=O)c1ccc(Cn2nnc3ccccc32)cc1. The fourth-order valence-corrected chi connectivity index (χ4v) is 3.71. The van der Waals surface area contributed by atoms with Crippen LogP contribution >= 0.6 is 0 Å². The molecule has 7 heteroatoms. The third-order valence-electron chi connectivity index (χ3n) is 5.33. The van der Waals surface area contributed by atoms with E-state index in [4.69, 9.17) is 9.47 Å². The molecule has 0 unspecified atom stereocenters. The van der Waals surface area contributed by atoms with Crippen LogP contribution in [-0.2, 0) is 13.1 Å². The Bertz CT molecular complexity index is 1230. The minimum Gasteiger partial charge on any atom is -0.486 e. The summed E-state index contributed by atoms with van der Waals surface area (Å²) in [5.74, 6) is 1.45. The average molecular weight is 414 g/mol. The largest absolute Gasteiger partial charge is 0.486 e. The molecular weight excluding hydrogens is 392 g/mol. The zero-order valence-electron chi connectivity index (χ0n) is 17.2. The van der Waals surface area contributed by atoms with E-state index >= 15 is 0 Å². The van der Waals surface area contributed by atoms with E-state index in [-0.39, 0.29) is 5.91 Å². The molecule has 0 spiro atoms. The van der Waals surface area contributed by atoms with Crippen LogP contribution in [0.3, 0.4) is 0 Å². The van der Waals surface area contributed by atoms with Gasteiger partial charge in [0.05, 0.1) is 12.1 Å². The molecule has 156 valence electrons. The second kappa shape index (κ2) is 8.10. The van der Waals surface area contributed by atoms with Crippen molar-refractivity contribution in [1.29, 1.82) is 0 Å². The number of hydrogen-bond acceptors (Lipinski definition) is 5. The number of aromatic nitrogens is 3. The van der Waals surface area contributed by atoms with Crippen LogP contribution < -0.4 is 9.47 Å². The molecule has 3 aromatic carbocycles. The number of hydrogen-bond donors (Lipinski definition) is 0. The smallest absolute Gasteiger partial charge is 0.253 e. The van der Waals surface area contributed by atoms with Gasteiger partial charge in [-0.05, 0) is 47.5 Å². The summed E-state index contributed by atoms with van der Waals surface area (Å²) < 4.78 is 13.1. The number of amides is 1. The zero-order valence-corrected chi connectivity index (χ0v) is 17.2. The molecular formula is C24H22N4O3. The summed E-state index contributed by atoms with van der Waals surface area (Å²) in [6.07, 6.45) is 0.